The molecule has 1 heteroatoms. The van der Waals surface area contributed by atoms with Gasteiger partial charge in [0.05, 0.1) is 0 Å². The zero-order chi connectivity index (χ0) is 12.4. The molecule has 0 aromatic heterocycles. The standard InChI is InChI=1S/C17H19N/c1-17(12-7-13-18-17)16-11-6-5-10-15(16)14-8-3-2-4-9-14/h2-6,8-11,18H,7,12-13H2,1H3. The van der Waals surface area contributed by atoms with E-state index in [1.54, 1.807) is 0 Å². The van der Waals surface area contributed by atoms with Gasteiger partial charge in [0.15, 0.2) is 0 Å². The molecule has 0 amide bonds. The lowest BCUT2D eigenvalue weighted by atomic mass is 9.85. The van der Waals surface area contributed by atoms with Crippen LogP contribution in [0, 0.1) is 0 Å². The van der Waals surface area contributed by atoms with E-state index in [-0.39, 0.29) is 5.54 Å². The highest BCUT2D eigenvalue weighted by molar-refractivity contribution is 5.68. The zero-order valence-electron chi connectivity index (χ0n) is 10.8. The Labute approximate surface area is 109 Å². The quantitative estimate of drug-likeness (QED) is 0.834. The van der Waals surface area contributed by atoms with Gasteiger partial charge in [-0.3, -0.25) is 0 Å². The van der Waals surface area contributed by atoms with Crippen LogP contribution in [0.25, 0.3) is 11.1 Å². The third-order valence-corrected chi connectivity index (χ3v) is 3.98. The summed E-state index contributed by atoms with van der Waals surface area (Å²) in [5.74, 6) is 0. The molecule has 0 spiro atoms. The first-order valence-corrected chi connectivity index (χ1v) is 6.70. The maximum atomic E-state index is 3.66. The third-order valence-electron chi connectivity index (χ3n) is 3.98. The van der Waals surface area contributed by atoms with Crippen molar-refractivity contribution in [1.82, 2.24) is 5.32 Å². The minimum absolute atomic E-state index is 0.131. The van der Waals surface area contributed by atoms with E-state index in [0.29, 0.717) is 0 Å². The van der Waals surface area contributed by atoms with E-state index in [1.807, 2.05) is 0 Å². The lowest BCUT2D eigenvalue weighted by Gasteiger charge is -2.28. The molecule has 0 bridgehead atoms. The lowest BCUT2D eigenvalue weighted by molar-refractivity contribution is 0.436. The predicted octanol–water partition coefficient (Wildman–Crippen LogP) is 3.95. The topological polar surface area (TPSA) is 12.0 Å². The number of hydrogen-bond donors (Lipinski definition) is 1. The second kappa shape index (κ2) is 4.58. The fourth-order valence-corrected chi connectivity index (χ4v) is 2.96. The minimum Gasteiger partial charge on any atom is -0.308 e. The van der Waals surface area contributed by atoms with Gasteiger partial charge in [-0.15, -0.1) is 0 Å². The van der Waals surface area contributed by atoms with E-state index in [4.69, 9.17) is 0 Å². The van der Waals surface area contributed by atoms with Crippen molar-refractivity contribution in [3.8, 4) is 11.1 Å². The molecule has 1 heterocycles. The summed E-state index contributed by atoms with van der Waals surface area (Å²) in [6.07, 6.45) is 2.48. The van der Waals surface area contributed by atoms with E-state index >= 15 is 0 Å². The summed E-state index contributed by atoms with van der Waals surface area (Å²) >= 11 is 0. The van der Waals surface area contributed by atoms with Gasteiger partial charge in [0.2, 0.25) is 0 Å². The molecule has 1 aliphatic rings. The Morgan fingerprint density at radius 1 is 0.944 bits per heavy atom. The first-order chi connectivity index (χ1) is 8.80. The summed E-state index contributed by atoms with van der Waals surface area (Å²) in [5, 5.41) is 3.66. The zero-order valence-corrected chi connectivity index (χ0v) is 10.8. The predicted molar refractivity (Wildman–Crippen MR) is 76.5 cm³/mol. The van der Waals surface area contributed by atoms with Crippen LogP contribution in [0.1, 0.15) is 25.3 Å². The Balaban J connectivity index is 2.11. The van der Waals surface area contributed by atoms with Gasteiger partial charge in [-0.1, -0.05) is 54.6 Å². The van der Waals surface area contributed by atoms with Gasteiger partial charge >= 0.3 is 0 Å². The number of hydrogen-bond acceptors (Lipinski definition) is 1. The Morgan fingerprint density at radius 3 is 2.39 bits per heavy atom. The lowest BCUT2D eigenvalue weighted by Crippen LogP contribution is -2.33. The molecule has 0 aliphatic carbocycles. The fraction of sp³-hybridized carbons (Fsp3) is 0.294. The molecule has 92 valence electrons. The van der Waals surface area contributed by atoms with Gasteiger partial charge in [0.1, 0.15) is 0 Å². The average Bonchev–Trinajstić information content (AvgIpc) is 2.88. The summed E-state index contributed by atoms with van der Waals surface area (Å²) in [6.45, 7) is 3.45. The molecule has 3 rings (SSSR count). The minimum atomic E-state index is 0.131. The van der Waals surface area contributed by atoms with Crippen LogP contribution < -0.4 is 5.32 Å². The highest BCUT2D eigenvalue weighted by atomic mass is 15.0. The number of benzene rings is 2. The van der Waals surface area contributed by atoms with Crippen molar-refractivity contribution >= 4 is 0 Å². The van der Waals surface area contributed by atoms with Gasteiger partial charge in [-0.2, -0.15) is 0 Å². The Bertz CT molecular complexity index is 524. The molecule has 2 aromatic rings. The van der Waals surface area contributed by atoms with Crippen LogP contribution in [-0.2, 0) is 5.54 Å². The van der Waals surface area contributed by atoms with Crippen LogP contribution in [0.4, 0.5) is 0 Å². The van der Waals surface area contributed by atoms with E-state index < -0.39 is 0 Å². The molecule has 1 fully saturated rings. The average molecular weight is 237 g/mol. The first-order valence-electron chi connectivity index (χ1n) is 6.70. The molecule has 1 unspecified atom stereocenters. The van der Waals surface area contributed by atoms with Gasteiger partial charge in [0, 0.05) is 5.54 Å². The monoisotopic (exact) mass is 237 g/mol. The van der Waals surface area contributed by atoms with Crippen molar-refractivity contribution in [3.05, 3.63) is 60.2 Å². The Hall–Kier alpha value is -1.60. The first kappa shape index (κ1) is 11.5. The molecular formula is C17H19N. The van der Waals surface area contributed by atoms with Crippen LogP contribution in [0.2, 0.25) is 0 Å². The van der Waals surface area contributed by atoms with Crippen molar-refractivity contribution < 1.29 is 0 Å². The third kappa shape index (κ3) is 1.95. The SMILES string of the molecule is CC1(c2ccccc2-c2ccccc2)CCCN1. The van der Waals surface area contributed by atoms with Crippen LogP contribution in [0.15, 0.2) is 54.6 Å². The molecule has 2 aromatic carbocycles. The highest BCUT2D eigenvalue weighted by Crippen LogP contribution is 2.36. The van der Waals surface area contributed by atoms with E-state index in [9.17, 15) is 0 Å². The largest absolute Gasteiger partial charge is 0.308 e. The second-order valence-electron chi connectivity index (χ2n) is 5.27. The summed E-state index contributed by atoms with van der Waals surface area (Å²) in [7, 11) is 0. The molecule has 1 nitrogen and oxygen atoms in total. The number of rotatable bonds is 2. The maximum absolute atomic E-state index is 3.66. The molecule has 1 saturated heterocycles. The molecule has 0 saturated carbocycles. The van der Waals surface area contributed by atoms with Gasteiger partial charge in [-0.25, -0.2) is 0 Å². The van der Waals surface area contributed by atoms with Crippen LogP contribution in [0.5, 0.6) is 0 Å². The van der Waals surface area contributed by atoms with Crippen LogP contribution in [0.3, 0.4) is 0 Å². The van der Waals surface area contributed by atoms with Gasteiger partial charge < -0.3 is 5.32 Å². The van der Waals surface area contributed by atoms with Crippen molar-refractivity contribution in [2.24, 2.45) is 0 Å². The van der Waals surface area contributed by atoms with Crippen LogP contribution in [-0.4, -0.2) is 6.54 Å². The van der Waals surface area contributed by atoms with Crippen molar-refractivity contribution in [3.63, 3.8) is 0 Å². The van der Waals surface area contributed by atoms with Crippen molar-refractivity contribution in [1.29, 1.82) is 0 Å². The fourth-order valence-electron chi connectivity index (χ4n) is 2.96. The molecule has 1 atom stereocenters. The maximum Gasteiger partial charge on any atom is 0.0412 e. The molecule has 1 aliphatic heterocycles. The van der Waals surface area contributed by atoms with E-state index in [0.717, 1.165) is 6.54 Å². The Kier molecular flexibility index (Phi) is 2.92. The summed E-state index contributed by atoms with van der Waals surface area (Å²) < 4.78 is 0. The summed E-state index contributed by atoms with van der Waals surface area (Å²) in [4.78, 5) is 0. The molecule has 18 heavy (non-hydrogen) atoms. The van der Waals surface area contributed by atoms with Gasteiger partial charge in [-0.05, 0) is 43.0 Å². The molecular weight excluding hydrogens is 218 g/mol. The Morgan fingerprint density at radius 2 is 1.67 bits per heavy atom. The highest BCUT2D eigenvalue weighted by Gasteiger charge is 2.31. The molecule has 1 N–H and O–H groups in total. The summed E-state index contributed by atoms with van der Waals surface area (Å²) in [6, 6.07) is 19.4. The van der Waals surface area contributed by atoms with Gasteiger partial charge in [0.25, 0.3) is 0 Å². The van der Waals surface area contributed by atoms with Crippen molar-refractivity contribution in [2.45, 2.75) is 25.3 Å². The second-order valence-corrected chi connectivity index (χ2v) is 5.27. The van der Waals surface area contributed by atoms with Crippen molar-refractivity contribution in [2.75, 3.05) is 6.54 Å². The smallest absolute Gasteiger partial charge is 0.0412 e. The van der Waals surface area contributed by atoms with E-state index in [2.05, 4.69) is 66.8 Å². The summed E-state index contributed by atoms with van der Waals surface area (Å²) in [5.41, 5.74) is 4.22. The normalized spacial score (nSPS) is 23.2. The van der Waals surface area contributed by atoms with E-state index in [1.165, 1.54) is 29.5 Å². The number of nitrogens with one attached hydrogen (secondary N) is 1. The molecule has 0 radical (unpaired) electrons. The van der Waals surface area contributed by atoms with Crippen LogP contribution >= 0.6 is 0 Å².